The summed E-state index contributed by atoms with van der Waals surface area (Å²) in [6, 6.07) is 4.26. The summed E-state index contributed by atoms with van der Waals surface area (Å²) < 4.78 is 68.4. The molecule has 2 atom stereocenters. The van der Waals surface area contributed by atoms with Crippen LogP contribution >= 0.6 is 22.9 Å². The Morgan fingerprint density at radius 2 is 2.05 bits per heavy atom. The van der Waals surface area contributed by atoms with E-state index in [1.54, 1.807) is 11.6 Å². The fourth-order valence-corrected chi connectivity index (χ4v) is 7.84. The smallest absolute Gasteiger partial charge is 0.326 e. The van der Waals surface area contributed by atoms with Crippen LogP contribution in [0.1, 0.15) is 41.7 Å². The number of alkyl halides is 2. The Bertz CT molecular complexity index is 1520. The molecule has 0 bridgehead atoms. The van der Waals surface area contributed by atoms with Gasteiger partial charge in [0.15, 0.2) is 10.8 Å². The molecular formula is C23H20ClF3N6O2S2. The summed E-state index contributed by atoms with van der Waals surface area (Å²) in [6.07, 6.45) is 3.70. The number of sulfonamides is 1. The van der Waals surface area contributed by atoms with Gasteiger partial charge in [0.1, 0.15) is 11.9 Å². The second-order valence-corrected chi connectivity index (χ2v) is 12.3. The molecule has 1 aromatic carbocycles. The lowest BCUT2D eigenvalue weighted by Crippen LogP contribution is -2.40. The first-order valence-corrected chi connectivity index (χ1v) is 14.4. The lowest BCUT2D eigenvalue weighted by molar-refractivity contribution is 0.0564. The molecule has 14 heteroatoms. The van der Waals surface area contributed by atoms with Crippen molar-refractivity contribution in [1.29, 1.82) is 0 Å². The molecule has 2 fully saturated rings. The minimum atomic E-state index is -3.40. The number of halogens is 4. The van der Waals surface area contributed by atoms with Crippen LogP contribution in [0.3, 0.4) is 0 Å². The van der Waals surface area contributed by atoms with E-state index in [0.717, 1.165) is 0 Å². The van der Waals surface area contributed by atoms with Crippen molar-refractivity contribution in [3.8, 4) is 0 Å². The minimum Gasteiger partial charge on any atom is -0.326 e. The number of benzene rings is 1. The highest BCUT2D eigenvalue weighted by atomic mass is 35.5. The number of fused-ring (bicyclic) bond motifs is 1. The van der Waals surface area contributed by atoms with Crippen LogP contribution in [0.4, 0.5) is 13.2 Å². The van der Waals surface area contributed by atoms with Gasteiger partial charge in [0.25, 0.3) is 0 Å². The third-order valence-electron chi connectivity index (χ3n) is 6.75. The lowest BCUT2D eigenvalue weighted by Gasteiger charge is -2.32. The molecular weight excluding hydrogens is 549 g/mol. The van der Waals surface area contributed by atoms with Crippen LogP contribution in [0.5, 0.6) is 0 Å². The van der Waals surface area contributed by atoms with Gasteiger partial charge >= 0.3 is 6.55 Å². The second-order valence-electron chi connectivity index (χ2n) is 8.93. The van der Waals surface area contributed by atoms with Crippen molar-refractivity contribution in [1.82, 2.24) is 24.0 Å². The van der Waals surface area contributed by atoms with E-state index in [1.165, 1.54) is 46.1 Å². The number of amidine groups is 1. The van der Waals surface area contributed by atoms with Gasteiger partial charge < -0.3 is 4.90 Å². The maximum absolute atomic E-state index is 13.9. The predicted octanol–water partition coefficient (Wildman–Crippen LogP) is 4.55. The van der Waals surface area contributed by atoms with E-state index in [9.17, 15) is 21.6 Å². The standard InChI is InChI=1S/C23H20ClF3N6O2S2/c24-16-10-13(25)2-3-15(16)20-19(17-4-7-32(30-17)23(26)27)18-11-14(33-6-1-9-37(33,34)35)12-31(18)21(29-20)22-28-5-8-36-22/h2-5,7-8,10,14,20,23H,1,6,9,11-12H2/t14-,20-/m0/s1. The van der Waals surface area contributed by atoms with E-state index in [1.807, 2.05) is 4.90 Å². The van der Waals surface area contributed by atoms with Gasteiger partial charge in [-0.05, 0) is 24.6 Å². The Labute approximate surface area is 219 Å². The van der Waals surface area contributed by atoms with Gasteiger partial charge in [-0.1, -0.05) is 17.7 Å². The number of thiazole rings is 1. The van der Waals surface area contributed by atoms with Gasteiger partial charge in [-0.15, -0.1) is 11.3 Å². The van der Waals surface area contributed by atoms with Gasteiger partial charge in [0.2, 0.25) is 10.0 Å². The quantitative estimate of drug-likeness (QED) is 0.451. The highest BCUT2D eigenvalue weighted by Gasteiger charge is 2.45. The molecule has 3 aliphatic heterocycles. The summed E-state index contributed by atoms with van der Waals surface area (Å²) >= 11 is 7.84. The van der Waals surface area contributed by atoms with Crippen molar-refractivity contribution in [2.75, 3.05) is 18.8 Å². The van der Waals surface area contributed by atoms with Gasteiger partial charge in [-0.3, -0.25) is 4.99 Å². The van der Waals surface area contributed by atoms with Crippen LogP contribution in [-0.2, 0) is 10.0 Å². The summed E-state index contributed by atoms with van der Waals surface area (Å²) in [5.74, 6) is 0.0910. The van der Waals surface area contributed by atoms with E-state index in [0.29, 0.717) is 58.3 Å². The molecule has 0 N–H and O–H groups in total. The molecule has 3 aliphatic rings. The Morgan fingerprint density at radius 1 is 1.22 bits per heavy atom. The number of hydrogen-bond acceptors (Lipinski definition) is 7. The maximum atomic E-state index is 13.9. The highest BCUT2D eigenvalue weighted by molar-refractivity contribution is 7.89. The van der Waals surface area contributed by atoms with Crippen LogP contribution in [-0.4, -0.2) is 63.1 Å². The first kappa shape index (κ1) is 24.6. The van der Waals surface area contributed by atoms with E-state index in [-0.39, 0.29) is 22.5 Å². The molecule has 2 aromatic heterocycles. The molecule has 5 heterocycles. The Morgan fingerprint density at radius 3 is 2.70 bits per heavy atom. The van der Waals surface area contributed by atoms with Gasteiger partial charge in [-0.2, -0.15) is 18.2 Å². The minimum absolute atomic E-state index is 0.0927. The van der Waals surface area contributed by atoms with Crippen molar-refractivity contribution in [2.24, 2.45) is 4.99 Å². The SMILES string of the molecule is O=S1(=O)CCCN1[C@H]1CC2=C(c3ccn(C(F)F)n3)[C@H](c3ccc(F)cc3Cl)N=C(c3nccs3)N2C1. The largest absolute Gasteiger partial charge is 0.333 e. The van der Waals surface area contributed by atoms with E-state index in [4.69, 9.17) is 16.6 Å². The zero-order chi connectivity index (χ0) is 25.9. The molecule has 37 heavy (non-hydrogen) atoms. The zero-order valence-electron chi connectivity index (χ0n) is 19.1. The normalized spacial score (nSPS) is 23.7. The van der Waals surface area contributed by atoms with Crippen molar-refractivity contribution in [2.45, 2.75) is 31.5 Å². The Hall–Kier alpha value is -2.74. The fraction of sp³-hybridized carbons (Fsp3) is 0.348. The Kier molecular flexibility index (Phi) is 6.13. The first-order chi connectivity index (χ1) is 17.7. The molecule has 0 amide bonds. The van der Waals surface area contributed by atoms with E-state index < -0.39 is 28.4 Å². The molecule has 0 spiro atoms. The zero-order valence-corrected chi connectivity index (χ0v) is 21.5. The number of hydrogen-bond donors (Lipinski definition) is 0. The van der Waals surface area contributed by atoms with Crippen molar-refractivity contribution in [3.05, 3.63) is 74.8 Å². The van der Waals surface area contributed by atoms with Gasteiger partial charge in [0.05, 0.1) is 11.4 Å². The van der Waals surface area contributed by atoms with Crippen LogP contribution in [0.2, 0.25) is 5.02 Å². The fourth-order valence-electron chi connectivity index (χ4n) is 5.20. The summed E-state index contributed by atoms with van der Waals surface area (Å²) in [4.78, 5) is 11.3. The van der Waals surface area contributed by atoms with Crippen molar-refractivity contribution < 1.29 is 21.6 Å². The molecule has 3 aromatic rings. The van der Waals surface area contributed by atoms with Crippen LogP contribution < -0.4 is 0 Å². The third kappa shape index (κ3) is 4.27. The third-order valence-corrected chi connectivity index (χ3v) is 9.85. The Balaban J connectivity index is 1.55. The second kappa shape index (κ2) is 9.22. The number of nitrogens with zero attached hydrogens (tertiary/aromatic N) is 6. The molecule has 8 nitrogen and oxygen atoms in total. The molecule has 0 unspecified atom stereocenters. The van der Waals surface area contributed by atoms with Crippen LogP contribution in [0.25, 0.3) is 5.57 Å². The molecule has 0 saturated carbocycles. The first-order valence-electron chi connectivity index (χ1n) is 11.5. The molecule has 0 radical (unpaired) electrons. The highest BCUT2D eigenvalue weighted by Crippen LogP contribution is 2.47. The average molecular weight is 569 g/mol. The molecule has 2 saturated heterocycles. The topological polar surface area (TPSA) is 83.7 Å². The van der Waals surface area contributed by atoms with E-state index >= 15 is 0 Å². The number of rotatable bonds is 5. The summed E-state index contributed by atoms with van der Waals surface area (Å²) in [7, 11) is -3.40. The number of aromatic nitrogens is 3. The van der Waals surface area contributed by atoms with Gasteiger partial charge in [-0.25, -0.2) is 22.5 Å². The lowest BCUT2D eigenvalue weighted by atomic mass is 9.92. The summed E-state index contributed by atoms with van der Waals surface area (Å²) in [5.41, 5.74) is 1.96. The molecule has 6 rings (SSSR count). The van der Waals surface area contributed by atoms with Crippen LogP contribution in [0, 0.1) is 5.82 Å². The average Bonchev–Trinajstić information content (AvgIpc) is 3.64. The van der Waals surface area contributed by atoms with Crippen LogP contribution in [0.15, 0.2) is 52.7 Å². The van der Waals surface area contributed by atoms with Crippen molar-refractivity contribution in [3.63, 3.8) is 0 Å². The van der Waals surface area contributed by atoms with E-state index in [2.05, 4.69) is 10.1 Å². The monoisotopic (exact) mass is 568 g/mol. The summed E-state index contributed by atoms with van der Waals surface area (Å²) in [5, 5.41) is 6.65. The molecule has 0 aliphatic carbocycles. The van der Waals surface area contributed by atoms with Crippen molar-refractivity contribution >= 4 is 44.4 Å². The maximum Gasteiger partial charge on any atom is 0.333 e. The van der Waals surface area contributed by atoms with Gasteiger partial charge in [0, 0.05) is 65.2 Å². The predicted molar refractivity (Wildman–Crippen MR) is 133 cm³/mol. The number of aliphatic imine (C=N–C) groups is 1. The molecule has 194 valence electrons. The summed E-state index contributed by atoms with van der Waals surface area (Å²) in [6.45, 7) is -2.09.